The maximum Gasteiger partial charge on any atom is 0.320 e. The van der Waals surface area contributed by atoms with Crippen molar-refractivity contribution in [1.29, 1.82) is 0 Å². The minimum absolute atomic E-state index is 0.175. The monoisotopic (exact) mass is 193 g/mol. The first-order chi connectivity index (χ1) is 6.61. The summed E-state index contributed by atoms with van der Waals surface area (Å²) in [6.07, 6.45) is 4.76. The molecule has 1 atom stereocenters. The third kappa shape index (κ3) is 2.63. The Morgan fingerprint density at radius 2 is 2.36 bits per heavy atom. The maximum absolute atomic E-state index is 10.5. The molecule has 0 spiro atoms. The summed E-state index contributed by atoms with van der Waals surface area (Å²) >= 11 is 0. The summed E-state index contributed by atoms with van der Waals surface area (Å²) in [7, 11) is 0. The topological polar surface area (TPSA) is 89.1 Å². The fourth-order valence-corrected chi connectivity index (χ4v) is 0.939. The summed E-state index contributed by atoms with van der Waals surface area (Å²) in [5.41, 5.74) is 6.50. The second-order valence-corrected chi connectivity index (χ2v) is 2.84. The van der Waals surface area contributed by atoms with Gasteiger partial charge >= 0.3 is 5.97 Å². The molecule has 1 aromatic heterocycles. The minimum atomic E-state index is -1.05. The molecule has 0 aliphatic carbocycles. The van der Waals surface area contributed by atoms with Crippen LogP contribution in [0, 0.1) is 0 Å². The standard InChI is InChI=1S/C9H11N3O2/c1-6(4-7(10)9(13)14)8-5-11-2-3-12-8/h2-3,5,7H,1,4,10H2,(H,13,14)/t7-/m0/s1. The summed E-state index contributed by atoms with van der Waals surface area (Å²) in [6, 6.07) is -0.940. The fraction of sp³-hybridized carbons (Fsp3) is 0.222. The van der Waals surface area contributed by atoms with Gasteiger partial charge in [-0.25, -0.2) is 0 Å². The highest BCUT2D eigenvalue weighted by atomic mass is 16.4. The van der Waals surface area contributed by atoms with E-state index in [1.807, 2.05) is 0 Å². The molecule has 0 bridgehead atoms. The van der Waals surface area contributed by atoms with Crippen LogP contribution in [0.2, 0.25) is 0 Å². The SMILES string of the molecule is C=C(C[C@H](N)C(=O)O)c1cnccn1. The predicted octanol–water partition coefficient (Wildman–Crippen LogP) is 0.292. The van der Waals surface area contributed by atoms with Crippen molar-refractivity contribution in [3.63, 3.8) is 0 Å². The fourth-order valence-electron chi connectivity index (χ4n) is 0.939. The van der Waals surface area contributed by atoms with E-state index >= 15 is 0 Å². The van der Waals surface area contributed by atoms with Crippen LogP contribution in [0.5, 0.6) is 0 Å². The Morgan fingerprint density at radius 1 is 1.64 bits per heavy atom. The van der Waals surface area contributed by atoms with E-state index in [1.54, 1.807) is 0 Å². The van der Waals surface area contributed by atoms with E-state index in [9.17, 15) is 4.79 Å². The van der Waals surface area contributed by atoms with Crippen LogP contribution in [0.4, 0.5) is 0 Å². The Kier molecular flexibility index (Phi) is 3.30. The van der Waals surface area contributed by atoms with E-state index in [0.717, 1.165) is 0 Å². The van der Waals surface area contributed by atoms with Gasteiger partial charge in [-0.15, -0.1) is 0 Å². The summed E-state index contributed by atoms with van der Waals surface area (Å²) in [6.45, 7) is 3.70. The summed E-state index contributed by atoms with van der Waals surface area (Å²) < 4.78 is 0. The van der Waals surface area contributed by atoms with Crippen molar-refractivity contribution in [3.8, 4) is 0 Å². The molecule has 1 aromatic rings. The van der Waals surface area contributed by atoms with Crippen molar-refractivity contribution in [1.82, 2.24) is 9.97 Å². The molecular formula is C9H11N3O2. The van der Waals surface area contributed by atoms with Crippen molar-refractivity contribution in [2.75, 3.05) is 0 Å². The quantitative estimate of drug-likeness (QED) is 0.717. The summed E-state index contributed by atoms with van der Waals surface area (Å²) in [5, 5.41) is 8.58. The second-order valence-electron chi connectivity index (χ2n) is 2.84. The average Bonchev–Trinajstić information content (AvgIpc) is 2.19. The Labute approximate surface area is 81.3 Å². The molecule has 0 aliphatic heterocycles. The molecule has 1 rings (SSSR count). The molecule has 0 aromatic carbocycles. The highest BCUT2D eigenvalue weighted by Crippen LogP contribution is 2.13. The Bertz CT molecular complexity index is 337. The number of carboxylic acid groups (broad SMARTS) is 1. The third-order valence-corrected chi connectivity index (χ3v) is 1.71. The molecule has 0 radical (unpaired) electrons. The normalized spacial score (nSPS) is 12.1. The molecule has 0 saturated heterocycles. The lowest BCUT2D eigenvalue weighted by Gasteiger charge is -2.07. The van der Waals surface area contributed by atoms with Gasteiger partial charge in [-0.1, -0.05) is 6.58 Å². The number of carbonyl (C=O) groups is 1. The first kappa shape index (κ1) is 10.3. The zero-order valence-electron chi connectivity index (χ0n) is 7.55. The smallest absolute Gasteiger partial charge is 0.320 e. The number of aliphatic carboxylic acids is 1. The molecule has 5 nitrogen and oxygen atoms in total. The van der Waals surface area contributed by atoms with Crippen molar-refractivity contribution >= 4 is 11.5 Å². The van der Waals surface area contributed by atoms with Gasteiger partial charge < -0.3 is 10.8 Å². The van der Waals surface area contributed by atoms with E-state index in [0.29, 0.717) is 11.3 Å². The van der Waals surface area contributed by atoms with Crippen LogP contribution in [-0.4, -0.2) is 27.1 Å². The van der Waals surface area contributed by atoms with Crippen LogP contribution in [0.15, 0.2) is 25.2 Å². The van der Waals surface area contributed by atoms with Crippen molar-refractivity contribution in [2.45, 2.75) is 12.5 Å². The van der Waals surface area contributed by atoms with Gasteiger partial charge in [0.25, 0.3) is 0 Å². The van der Waals surface area contributed by atoms with Crippen LogP contribution in [0.25, 0.3) is 5.57 Å². The predicted molar refractivity (Wildman–Crippen MR) is 51.3 cm³/mol. The van der Waals surface area contributed by atoms with Crippen LogP contribution in [-0.2, 0) is 4.79 Å². The molecule has 0 unspecified atom stereocenters. The van der Waals surface area contributed by atoms with E-state index in [2.05, 4.69) is 16.5 Å². The minimum Gasteiger partial charge on any atom is -0.480 e. The van der Waals surface area contributed by atoms with Crippen molar-refractivity contribution in [3.05, 3.63) is 30.9 Å². The number of aromatic nitrogens is 2. The van der Waals surface area contributed by atoms with Gasteiger partial charge in [0.1, 0.15) is 6.04 Å². The second kappa shape index (κ2) is 4.48. The van der Waals surface area contributed by atoms with Gasteiger partial charge in [0.2, 0.25) is 0 Å². The lowest BCUT2D eigenvalue weighted by molar-refractivity contribution is -0.138. The first-order valence-electron chi connectivity index (χ1n) is 4.04. The van der Waals surface area contributed by atoms with Crippen molar-refractivity contribution < 1.29 is 9.90 Å². The van der Waals surface area contributed by atoms with Crippen LogP contribution >= 0.6 is 0 Å². The van der Waals surface area contributed by atoms with Gasteiger partial charge in [0, 0.05) is 12.4 Å². The molecule has 0 aliphatic rings. The Morgan fingerprint density at radius 3 is 2.86 bits per heavy atom. The number of hydrogen-bond acceptors (Lipinski definition) is 4. The Hall–Kier alpha value is -1.75. The van der Waals surface area contributed by atoms with Gasteiger partial charge in [0.05, 0.1) is 11.9 Å². The lowest BCUT2D eigenvalue weighted by atomic mass is 10.1. The molecule has 1 heterocycles. The number of rotatable bonds is 4. The molecule has 14 heavy (non-hydrogen) atoms. The van der Waals surface area contributed by atoms with Gasteiger partial charge in [-0.05, 0) is 12.0 Å². The molecular weight excluding hydrogens is 182 g/mol. The van der Waals surface area contributed by atoms with E-state index in [-0.39, 0.29) is 6.42 Å². The van der Waals surface area contributed by atoms with E-state index < -0.39 is 12.0 Å². The molecule has 5 heteroatoms. The van der Waals surface area contributed by atoms with Gasteiger partial charge in [-0.3, -0.25) is 14.8 Å². The summed E-state index contributed by atoms with van der Waals surface area (Å²) in [5.74, 6) is -1.05. The number of carboxylic acids is 1. The Balaban J connectivity index is 2.64. The number of nitrogens with two attached hydrogens (primary N) is 1. The molecule has 74 valence electrons. The average molecular weight is 193 g/mol. The van der Waals surface area contributed by atoms with Crippen LogP contribution in [0.3, 0.4) is 0 Å². The van der Waals surface area contributed by atoms with E-state index in [4.69, 9.17) is 10.8 Å². The maximum atomic E-state index is 10.5. The van der Waals surface area contributed by atoms with Crippen LogP contribution in [0.1, 0.15) is 12.1 Å². The largest absolute Gasteiger partial charge is 0.480 e. The number of nitrogens with zero attached hydrogens (tertiary/aromatic N) is 2. The molecule has 0 amide bonds. The van der Waals surface area contributed by atoms with E-state index in [1.165, 1.54) is 18.6 Å². The highest BCUT2D eigenvalue weighted by Gasteiger charge is 2.13. The van der Waals surface area contributed by atoms with Gasteiger partial charge in [0.15, 0.2) is 0 Å². The third-order valence-electron chi connectivity index (χ3n) is 1.71. The summed E-state index contributed by atoms with van der Waals surface area (Å²) in [4.78, 5) is 18.3. The lowest BCUT2D eigenvalue weighted by Crippen LogP contribution is -2.30. The molecule has 0 fully saturated rings. The van der Waals surface area contributed by atoms with Crippen LogP contribution < -0.4 is 5.73 Å². The zero-order chi connectivity index (χ0) is 10.6. The molecule has 0 saturated carbocycles. The highest BCUT2D eigenvalue weighted by molar-refractivity contribution is 5.76. The van der Waals surface area contributed by atoms with Crippen molar-refractivity contribution in [2.24, 2.45) is 5.73 Å². The number of hydrogen-bond donors (Lipinski definition) is 2. The first-order valence-corrected chi connectivity index (χ1v) is 4.04. The zero-order valence-corrected chi connectivity index (χ0v) is 7.55. The van der Waals surface area contributed by atoms with Gasteiger partial charge in [-0.2, -0.15) is 0 Å². The molecule has 3 N–H and O–H groups in total.